The van der Waals surface area contributed by atoms with Gasteiger partial charge in [0.25, 0.3) is 10.2 Å². The third-order valence-electron chi connectivity index (χ3n) is 4.90. The average molecular weight is 287 g/mol. The minimum absolute atomic E-state index is 0.198. The van der Waals surface area contributed by atoms with Gasteiger partial charge in [-0.15, -0.1) is 0 Å². The zero-order valence-corrected chi connectivity index (χ0v) is 12.4. The number of hydrogen-bond acceptors (Lipinski definition) is 3. The molecule has 3 rings (SSSR count). The first kappa shape index (κ1) is 13.8. The first-order valence-corrected chi connectivity index (χ1v) is 8.98. The maximum atomic E-state index is 12.6. The van der Waals surface area contributed by atoms with Crippen molar-refractivity contribution in [3.05, 3.63) is 0 Å². The maximum Gasteiger partial charge on any atom is 0.281 e. The van der Waals surface area contributed by atoms with Crippen LogP contribution in [0.1, 0.15) is 38.5 Å². The van der Waals surface area contributed by atoms with E-state index < -0.39 is 10.2 Å². The van der Waals surface area contributed by atoms with Crippen molar-refractivity contribution < 1.29 is 8.42 Å². The van der Waals surface area contributed by atoms with Crippen LogP contribution in [-0.2, 0) is 10.2 Å². The quantitative estimate of drug-likeness (QED) is 0.817. The van der Waals surface area contributed by atoms with Crippen LogP contribution in [0.15, 0.2) is 0 Å². The third kappa shape index (κ3) is 2.68. The van der Waals surface area contributed by atoms with Gasteiger partial charge in [0.05, 0.1) is 0 Å². The molecule has 0 radical (unpaired) electrons. The summed E-state index contributed by atoms with van der Waals surface area (Å²) in [6, 6.07) is 0. The summed E-state index contributed by atoms with van der Waals surface area (Å²) in [4.78, 5) is 0. The van der Waals surface area contributed by atoms with E-state index in [1.807, 2.05) is 0 Å². The first-order valence-electron chi connectivity index (χ1n) is 7.58. The first-order chi connectivity index (χ1) is 9.12. The summed E-state index contributed by atoms with van der Waals surface area (Å²) in [7, 11) is -3.20. The van der Waals surface area contributed by atoms with E-state index in [0.717, 1.165) is 38.9 Å². The number of hydrogen-bond donors (Lipinski definition) is 1. The van der Waals surface area contributed by atoms with Gasteiger partial charge in [-0.05, 0) is 50.5 Å². The van der Waals surface area contributed by atoms with E-state index in [4.69, 9.17) is 0 Å². The van der Waals surface area contributed by atoms with Gasteiger partial charge in [-0.2, -0.15) is 17.0 Å². The van der Waals surface area contributed by atoms with Gasteiger partial charge in [0.2, 0.25) is 0 Å². The average Bonchev–Trinajstić information content (AvgIpc) is 2.94. The van der Waals surface area contributed by atoms with Crippen LogP contribution in [0.3, 0.4) is 0 Å². The number of rotatable bonds is 2. The Balaban J connectivity index is 1.73. The second-order valence-corrected chi connectivity index (χ2v) is 8.26. The SMILES string of the molecule is O=S(=O)(N1CCCC1)N1CCCC2(CCCNC2)C1. The molecular weight excluding hydrogens is 262 g/mol. The van der Waals surface area contributed by atoms with E-state index in [2.05, 4.69) is 5.32 Å². The zero-order valence-electron chi connectivity index (χ0n) is 11.6. The lowest BCUT2D eigenvalue weighted by atomic mass is 9.75. The van der Waals surface area contributed by atoms with Gasteiger partial charge >= 0.3 is 0 Å². The highest BCUT2D eigenvalue weighted by molar-refractivity contribution is 7.86. The molecule has 1 spiro atoms. The summed E-state index contributed by atoms with van der Waals surface area (Å²) in [6.45, 7) is 4.92. The molecule has 1 N–H and O–H groups in total. The van der Waals surface area contributed by atoms with Crippen molar-refractivity contribution in [2.24, 2.45) is 5.41 Å². The van der Waals surface area contributed by atoms with Crippen molar-refractivity contribution in [3.8, 4) is 0 Å². The Hall–Kier alpha value is -0.170. The molecule has 3 aliphatic heterocycles. The Kier molecular flexibility index (Phi) is 3.86. The van der Waals surface area contributed by atoms with E-state index in [9.17, 15) is 8.42 Å². The zero-order chi connectivity index (χ0) is 13.3. The van der Waals surface area contributed by atoms with E-state index in [1.54, 1.807) is 8.61 Å². The molecule has 0 aromatic carbocycles. The Morgan fingerprint density at radius 3 is 2.26 bits per heavy atom. The van der Waals surface area contributed by atoms with Gasteiger partial charge in [-0.25, -0.2) is 0 Å². The predicted molar refractivity (Wildman–Crippen MR) is 75.1 cm³/mol. The fraction of sp³-hybridized carbons (Fsp3) is 1.00. The normalized spacial score (nSPS) is 34.9. The molecule has 5 nitrogen and oxygen atoms in total. The highest BCUT2D eigenvalue weighted by Gasteiger charge is 2.42. The third-order valence-corrected chi connectivity index (χ3v) is 6.89. The second kappa shape index (κ2) is 5.31. The molecule has 1 atom stereocenters. The molecule has 6 heteroatoms. The van der Waals surface area contributed by atoms with E-state index in [1.165, 1.54) is 19.3 Å². The number of nitrogens with one attached hydrogen (secondary N) is 1. The fourth-order valence-electron chi connectivity index (χ4n) is 3.82. The lowest BCUT2D eigenvalue weighted by Crippen LogP contribution is -2.55. The van der Waals surface area contributed by atoms with Crippen LogP contribution in [0.5, 0.6) is 0 Å². The van der Waals surface area contributed by atoms with Crippen molar-refractivity contribution in [1.82, 2.24) is 13.9 Å². The Bertz CT molecular complexity index is 406. The van der Waals surface area contributed by atoms with Gasteiger partial charge in [-0.1, -0.05) is 0 Å². The molecule has 19 heavy (non-hydrogen) atoms. The van der Waals surface area contributed by atoms with Gasteiger partial charge in [0.1, 0.15) is 0 Å². The molecule has 0 amide bonds. The van der Waals surface area contributed by atoms with E-state index in [0.29, 0.717) is 19.6 Å². The molecule has 1 unspecified atom stereocenters. The van der Waals surface area contributed by atoms with Crippen LogP contribution in [0.25, 0.3) is 0 Å². The molecule has 0 saturated carbocycles. The Labute approximate surface area is 116 Å². The molecule has 110 valence electrons. The minimum Gasteiger partial charge on any atom is -0.316 e. The number of piperidine rings is 2. The molecule has 3 aliphatic rings. The minimum atomic E-state index is -3.20. The molecule has 3 heterocycles. The van der Waals surface area contributed by atoms with Crippen LogP contribution < -0.4 is 5.32 Å². The van der Waals surface area contributed by atoms with Crippen LogP contribution in [0, 0.1) is 5.41 Å². The summed E-state index contributed by atoms with van der Waals surface area (Å²) >= 11 is 0. The fourth-order valence-corrected chi connectivity index (χ4v) is 5.66. The van der Waals surface area contributed by atoms with E-state index >= 15 is 0 Å². The predicted octanol–water partition coefficient (Wildman–Crippen LogP) is 0.793. The van der Waals surface area contributed by atoms with Crippen molar-refractivity contribution in [1.29, 1.82) is 0 Å². The highest BCUT2D eigenvalue weighted by Crippen LogP contribution is 2.37. The van der Waals surface area contributed by atoms with E-state index in [-0.39, 0.29) is 5.41 Å². The molecule has 3 fully saturated rings. The van der Waals surface area contributed by atoms with Crippen molar-refractivity contribution in [2.75, 3.05) is 39.3 Å². The van der Waals surface area contributed by atoms with Crippen LogP contribution in [0.4, 0.5) is 0 Å². The molecule has 3 saturated heterocycles. The summed E-state index contributed by atoms with van der Waals surface area (Å²) in [5.74, 6) is 0. The monoisotopic (exact) mass is 287 g/mol. The van der Waals surface area contributed by atoms with Gasteiger partial charge in [0, 0.05) is 32.7 Å². The summed E-state index contributed by atoms with van der Waals surface area (Å²) in [5.41, 5.74) is 0.198. The summed E-state index contributed by atoms with van der Waals surface area (Å²) < 4.78 is 28.7. The van der Waals surface area contributed by atoms with Gasteiger partial charge in [-0.3, -0.25) is 0 Å². The van der Waals surface area contributed by atoms with Crippen molar-refractivity contribution in [3.63, 3.8) is 0 Å². The largest absolute Gasteiger partial charge is 0.316 e. The number of nitrogens with zero attached hydrogens (tertiary/aromatic N) is 2. The standard InChI is InChI=1S/C13H25N3O2S/c17-19(18,15-8-1-2-9-15)16-10-4-6-13(12-16)5-3-7-14-11-13/h14H,1-12H2. The molecule has 0 aromatic heterocycles. The summed E-state index contributed by atoms with van der Waals surface area (Å²) in [6.07, 6.45) is 6.56. The molecule has 0 bridgehead atoms. The van der Waals surface area contributed by atoms with Crippen molar-refractivity contribution in [2.45, 2.75) is 38.5 Å². The maximum absolute atomic E-state index is 12.6. The van der Waals surface area contributed by atoms with Gasteiger partial charge < -0.3 is 5.32 Å². The van der Waals surface area contributed by atoms with Crippen molar-refractivity contribution >= 4 is 10.2 Å². The van der Waals surface area contributed by atoms with Gasteiger partial charge in [0.15, 0.2) is 0 Å². The molecular formula is C13H25N3O2S. The topological polar surface area (TPSA) is 52.7 Å². The smallest absolute Gasteiger partial charge is 0.281 e. The molecule has 0 aliphatic carbocycles. The Morgan fingerprint density at radius 2 is 1.58 bits per heavy atom. The Morgan fingerprint density at radius 1 is 0.895 bits per heavy atom. The van der Waals surface area contributed by atoms with Crippen LogP contribution in [-0.4, -0.2) is 56.3 Å². The van der Waals surface area contributed by atoms with Crippen LogP contribution in [0.2, 0.25) is 0 Å². The molecule has 0 aromatic rings. The lowest BCUT2D eigenvalue weighted by molar-refractivity contribution is 0.107. The second-order valence-electron chi connectivity index (χ2n) is 6.33. The summed E-state index contributed by atoms with van der Waals surface area (Å²) in [5, 5.41) is 3.45. The highest BCUT2D eigenvalue weighted by atomic mass is 32.2. The van der Waals surface area contributed by atoms with Crippen LogP contribution >= 0.6 is 0 Å². The lowest BCUT2D eigenvalue weighted by Gasteiger charge is -2.45.